The fourth-order valence-electron chi connectivity index (χ4n) is 6.48. The number of aromatic amines is 1. The number of hydrogen-bond donors (Lipinski definition) is 5. The minimum atomic E-state index is -0.750. The lowest BCUT2D eigenvalue weighted by atomic mass is 10.1. The van der Waals surface area contributed by atoms with Crippen LogP contribution in [0, 0.1) is 0 Å². The highest BCUT2D eigenvalue weighted by molar-refractivity contribution is 7.51. The molecule has 0 bridgehead atoms. The number of anilines is 5. The highest BCUT2D eigenvalue weighted by atomic mass is 35.5. The van der Waals surface area contributed by atoms with E-state index < -0.39 is 23.1 Å². The number of nitrogens with zero attached hydrogens (tertiary/aromatic N) is 7. The van der Waals surface area contributed by atoms with Gasteiger partial charge in [-0.15, -0.1) is 0 Å². The van der Waals surface area contributed by atoms with E-state index in [0.717, 1.165) is 29.0 Å². The van der Waals surface area contributed by atoms with E-state index in [-0.39, 0.29) is 33.3 Å². The van der Waals surface area contributed by atoms with Crippen molar-refractivity contribution in [2.45, 2.75) is 119 Å². The number of halogens is 2. The molecular weight excluding hydrogens is 968 g/mol. The molecule has 0 aromatic carbocycles. The second kappa shape index (κ2) is 25.8. The zero-order chi connectivity index (χ0) is 51.7. The van der Waals surface area contributed by atoms with Crippen LogP contribution in [0.1, 0.15) is 89.0 Å². The Morgan fingerprint density at radius 2 is 1.01 bits per heavy atom. The molecule has 0 radical (unpaired) electrons. The Kier molecular flexibility index (Phi) is 21.3. The molecule has 370 valence electrons. The fourth-order valence-corrected chi connectivity index (χ4v) is 6.89. The molecule has 0 aliphatic carbocycles. The minimum Gasteiger partial charge on any atom is -0.365 e. The average Bonchev–Trinajstić information content (AvgIpc) is 3.22. The molecule has 0 amide bonds. The lowest BCUT2D eigenvalue weighted by Crippen LogP contribution is -2.29. The van der Waals surface area contributed by atoms with E-state index in [1.54, 1.807) is 52.1 Å². The number of hydrogen-bond acceptors (Lipinski definition) is 16. The summed E-state index contributed by atoms with van der Waals surface area (Å²) in [6.45, 7) is 23.7. The summed E-state index contributed by atoms with van der Waals surface area (Å²) in [5.41, 5.74) is -0.841. The molecule has 0 saturated heterocycles. The van der Waals surface area contributed by atoms with Crippen molar-refractivity contribution in [2.24, 2.45) is 0 Å². The summed E-state index contributed by atoms with van der Waals surface area (Å²) in [5, 5.41) is 17.9. The maximum absolute atomic E-state index is 12.9. The van der Waals surface area contributed by atoms with E-state index in [0.29, 0.717) is 68.6 Å². The third kappa shape index (κ3) is 17.9. The first-order chi connectivity index (χ1) is 32.4. The molecule has 7 heterocycles. The molecule has 7 rings (SSSR count). The molecule has 0 aliphatic rings. The summed E-state index contributed by atoms with van der Waals surface area (Å²) in [5.74, 6) is 2.84. The van der Waals surface area contributed by atoms with Crippen molar-refractivity contribution in [3.05, 3.63) is 115 Å². The Labute approximate surface area is 416 Å². The summed E-state index contributed by atoms with van der Waals surface area (Å²) < 4.78 is 36.6. The monoisotopic (exact) mass is 1020 g/mol. The normalized spacial score (nSPS) is 11.0. The number of nitrogens with one attached hydrogen (secondary N) is 5. The lowest BCUT2D eigenvalue weighted by molar-refractivity contribution is 0.628. The summed E-state index contributed by atoms with van der Waals surface area (Å²) in [6.07, 6.45) is 11.9. The second-order valence-electron chi connectivity index (χ2n) is 18.2. The van der Waals surface area contributed by atoms with E-state index in [1.807, 2.05) is 99.8 Å². The van der Waals surface area contributed by atoms with Gasteiger partial charge in [-0.05, 0) is 128 Å². The van der Waals surface area contributed by atoms with Gasteiger partial charge in [-0.25, -0.2) is 19.9 Å². The van der Waals surface area contributed by atoms with Gasteiger partial charge in [0.25, 0.3) is 16.7 Å². The third-order valence-corrected chi connectivity index (χ3v) is 9.23. The first-order valence-electron chi connectivity index (χ1n) is 21.5. The maximum atomic E-state index is 12.9. The molecule has 5 N–H and O–H groups in total. The first kappa shape index (κ1) is 56.9. The molecule has 7 aromatic heterocycles. The van der Waals surface area contributed by atoms with Gasteiger partial charge >= 0.3 is 23.1 Å². The zero-order valence-corrected chi connectivity index (χ0v) is 43.5. The topological polar surface area (TPSA) is 258 Å². The van der Waals surface area contributed by atoms with Crippen LogP contribution in [0.15, 0.2) is 88.0 Å². The van der Waals surface area contributed by atoms with E-state index >= 15 is 0 Å². The van der Waals surface area contributed by atoms with Crippen LogP contribution in [-0.2, 0) is 36.2 Å². The predicted octanol–water partition coefficient (Wildman–Crippen LogP) is 8.67. The number of rotatable bonds is 9. The molecule has 23 heteroatoms. The number of aromatic nitrogens is 8. The fraction of sp³-hybridized carbons (Fsp3) is 0.391. The van der Waals surface area contributed by atoms with Gasteiger partial charge in [0.1, 0.15) is 39.4 Å². The quantitative estimate of drug-likeness (QED) is 0.0847. The summed E-state index contributed by atoms with van der Waals surface area (Å²) in [7, 11) is 0. The molecule has 0 spiro atoms. The largest absolute Gasteiger partial charge is 0.365 e. The number of aryl methyl sites for hydroxylation is 2. The van der Waals surface area contributed by atoms with Gasteiger partial charge in [0.05, 0.1) is 22.4 Å². The molecular formula is C46H58Cl2N12O7S2. The number of pyridine rings is 6. The van der Waals surface area contributed by atoms with Crippen molar-refractivity contribution in [1.29, 1.82) is 0 Å². The minimum absolute atomic E-state index is 0.0275. The van der Waals surface area contributed by atoms with Crippen LogP contribution in [0.4, 0.5) is 29.1 Å². The molecule has 7 aromatic rings. The van der Waals surface area contributed by atoms with Gasteiger partial charge in [0.2, 0.25) is 0 Å². The molecule has 19 nitrogen and oxygen atoms in total. The van der Waals surface area contributed by atoms with Crippen molar-refractivity contribution in [3.63, 3.8) is 0 Å². The van der Waals surface area contributed by atoms with E-state index in [4.69, 9.17) is 40.0 Å². The SMILES string of the molecule is CC(C)(C)Nc1nc(Cl)cc2cc[nH]c(=O)c12.CCCn1ccc2cc(Cl)nc(NC(C)(C)C)c2c1=O.CCCn1ccc2cc(Nc3cnccn3)nc(NC(C)(C)C)c2c1=O.O=S=O.O=S=O. The van der Waals surface area contributed by atoms with Gasteiger partial charge in [-0.2, -0.15) is 16.8 Å². The molecule has 0 unspecified atom stereocenters. The first-order valence-corrected chi connectivity index (χ1v) is 23.6. The average molecular weight is 1030 g/mol. The van der Waals surface area contributed by atoms with Crippen LogP contribution in [0.3, 0.4) is 0 Å². The van der Waals surface area contributed by atoms with Crippen LogP contribution in [-0.4, -0.2) is 72.5 Å². The van der Waals surface area contributed by atoms with Gasteiger partial charge in [-0.1, -0.05) is 37.0 Å². The molecule has 0 saturated carbocycles. The van der Waals surface area contributed by atoms with Crippen LogP contribution in [0.25, 0.3) is 32.3 Å². The van der Waals surface area contributed by atoms with Crippen LogP contribution in [0.5, 0.6) is 0 Å². The predicted molar refractivity (Wildman–Crippen MR) is 278 cm³/mol. The van der Waals surface area contributed by atoms with Gasteiger partial charge in [0.15, 0.2) is 0 Å². The third-order valence-electron chi connectivity index (χ3n) is 8.84. The number of fused-ring (bicyclic) bond motifs is 3. The highest BCUT2D eigenvalue weighted by Crippen LogP contribution is 2.28. The Balaban J connectivity index is 0.000000264. The Bertz CT molecular complexity index is 3090. The Hall–Kier alpha value is -6.42. The Morgan fingerprint density at radius 1 is 0.594 bits per heavy atom. The van der Waals surface area contributed by atoms with Crippen LogP contribution in [0.2, 0.25) is 10.3 Å². The van der Waals surface area contributed by atoms with Crippen molar-refractivity contribution in [2.75, 3.05) is 21.3 Å². The van der Waals surface area contributed by atoms with Crippen LogP contribution < -0.4 is 37.9 Å². The molecule has 0 aliphatic heterocycles. The standard InChI is InChI=1S/C19H24N6O.C15H20ClN3O.C12H14ClN3O.2O2S/c1-5-9-25-10-6-13-11-14(22-15-12-20-7-8-21-15)23-17(16(13)18(25)26)24-19(2,3)4;1-5-7-19-8-6-10-9-11(16)17-13(12(10)14(19)20)18-15(2,3)4;1-12(2,3)16-10-9-7(6-8(13)15-10)4-5-14-11(9)17;2*1-3-2/h6-8,10-12H,5,9H2,1-4H3,(H2,21,22,23,24);6,8-9H,5,7H2,1-4H3,(H,17,18);4-6H,1-3H3,(H,14,17)(H,15,16);;. The second-order valence-corrected chi connectivity index (χ2v) is 19.3. The van der Waals surface area contributed by atoms with Gasteiger partial charge in [0, 0.05) is 60.7 Å². The van der Waals surface area contributed by atoms with Crippen molar-refractivity contribution in [1.82, 2.24) is 39.0 Å². The summed E-state index contributed by atoms with van der Waals surface area (Å²) >= 11 is 10.5. The highest BCUT2D eigenvalue weighted by Gasteiger charge is 2.19. The molecule has 0 atom stereocenters. The zero-order valence-electron chi connectivity index (χ0n) is 40.3. The summed E-state index contributed by atoms with van der Waals surface area (Å²) in [4.78, 5) is 61.3. The van der Waals surface area contributed by atoms with E-state index in [2.05, 4.69) is 58.1 Å². The van der Waals surface area contributed by atoms with Crippen LogP contribution >= 0.6 is 23.2 Å². The molecule has 0 fully saturated rings. The van der Waals surface area contributed by atoms with Crippen molar-refractivity contribution < 1.29 is 16.8 Å². The maximum Gasteiger partial charge on any atom is 0.335 e. The van der Waals surface area contributed by atoms with E-state index in [1.165, 1.54) is 0 Å². The summed E-state index contributed by atoms with van der Waals surface area (Å²) in [6, 6.07) is 10.9. The number of H-pyrrole nitrogens is 1. The smallest absolute Gasteiger partial charge is 0.335 e. The molecule has 69 heavy (non-hydrogen) atoms. The van der Waals surface area contributed by atoms with Gasteiger partial charge in [-0.3, -0.25) is 19.4 Å². The van der Waals surface area contributed by atoms with Crippen molar-refractivity contribution in [3.8, 4) is 0 Å². The van der Waals surface area contributed by atoms with E-state index in [9.17, 15) is 14.4 Å². The van der Waals surface area contributed by atoms with Crippen molar-refractivity contribution >= 4 is 108 Å². The lowest BCUT2D eigenvalue weighted by Gasteiger charge is -2.23. The Morgan fingerprint density at radius 3 is 1.43 bits per heavy atom. The van der Waals surface area contributed by atoms with Gasteiger partial charge < -0.3 is 35.4 Å².